The van der Waals surface area contributed by atoms with Gasteiger partial charge in [-0.15, -0.1) is 0 Å². The predicted octanol–water partition coefficient (Wildman–Crippen LogP) is 4.05. The van der Waals surface area contributed by atoms with Gasteiger partial charge in [0.1, 0.15) is 11.5 Å². The number of amides is 1. The molecule has 0 radical (unpaired) electrons. The van der Waals surface area contributed by atoms with Crippen LogP contribution in [0.15, 0.2) is 42.5 Å². The van der Waals surface area contributed by atoms with Crippen molar-refractivity contribution in [1.29, 1.82) is 0 Å². The van der Waals surface area contributed by atoms with Crippen LogP contribution in [0.3, 0.4) is 0 Å². The summed E-state index contributed by atoms with van der Waals surface area (Å²) in [6, 6.07) is 14.2. The number of para-hydroxylation sites is 1. The summed E-state index contributed by atoms with van der Waals surface area (Å²) in [5, 5.41) is 0. The topological polar surface area (TPSA) is 36.4 Å². The molecule has 3 heterocycles. The molecule has 4 nitrogen and oxygen atoms in total. The number of carbonyl (C=O) groups excluding carboxylic acids is 1. The highest BCUT2D eigenvalue weighted by Crippen LogP contribution is 2.33. The first-order valence-corrected chi connectivity index (χ1v) is 9.37. The third kappa shape index (κ3) is 3.13. The minimum atomic E-state index is 0.00845. The highest BCUT2D eigenvalue weighted by Gasteiger charge is 2.32. The number of anilines is 2. The van der Waals surface area contributed by atoms with Gasteiger partial charge in [0, 0.05) is 24.8 Å². The Morgan fingerprint density at radius 1 is 1.00 bits per heavy atom. The van der Waals surface area contributed by atoms with Gasteiger partial charge in [-0.05, 0) is 49.9 Å². The average Bonchev–Trinajstić information content (AvgIpc) is 2.81. The maximum absolute atomic E-state index is 13.2. The van der Waals surface area contributed by atoms with Crippen molar-refractivity contribution >= 4 is 17.4 Å². The normalized spacial score (nSPS) is 20.3. The van der Waals surface area contributed by atoms with Gasteiger partial charge in [-0.3, -0.25) is 4.79 Å². The number of hydrogen-bond donors (Lipinski definition) is 0. The van der Waals surface area contributed by atoms with Gasteiger partial charge in [0.25, 0.3) is 5.91 Å². The predicted molar refractivity (Wildman–Crippen MR) is 101 cm³/mol. The molecule has 0 aliphatic carbocycles. The highest BCUT2D eigenvalue weighted by atomic mass is 16.2. The summed E-state index contributed by atoms with van der Waals surface area (Å²) < 4.78 is 0. The van der Waals surface area contributed by atoms with Crippen LogP contribution in [-0.4, -0.2) is 30.0 Å². The van der Waals surface area contributed by atoms with Crippen LogP contribution in [-0.2, 0) is 6.42 Å². The van der Waals surface area contributed by atoms with Gasteiger partial charge in [-0.2, -0.15) is 0 Å². The van der Waals surface area contributed by atoms with Crippen LogP contribution in [0.2, 0.25) is 0 Å². The van der Waals surface area contributed by atoms with Crippen LogP contribution in [0.5, 0.6) is 0 Å². The Kier molecular flexibility index (Phi) is 4.43. The number of carbonyl (C=O) groups is 1. The Morgan fingerprint density at radius 3 is 2.56 bits per heavy atom. The largest absolute Gasteiger partial charge is 0.357 e. The fraction of sp³-hybridized carbons (Fsp3) is 0.429. The number of fused-ring (bicyclic) bond motifs is 1. The SMILES string of the molecule is CC1Cc2ccccc2N1C(=O)c1cccc(N2CCCCCC2)n1. The molecule has 4 rings (SSSR count). The lowest BCUT2D eigenvalue weighted by molar-refractivity contribution is 0.0976. The Balaban J connectivity index is 1.61. The molecule has 0 bridgehead atoms. The molecular weight excluding hydrogens is 310 g/mol. The molecule has 1 saturated heterocycles. The summed E-state index contributed by atoms with van der Waals surface area (Å²) in [7, 11) is 0. The lowest BCUT2D eigenvalue weighted by Crippen LogP contribution is -2.36. The van der Waals surface area contributed by atoms with Crippen LogP contribution >= 0.6 is 0 Å². The molecule has 1 atom stereocenters. The molecule has 25 heavy (non-hydrogen) atoms. The lowest BCUT2D eigenvalue weighted by Gasteiger charge is -2.24. The van der Waals surface area contributed by atoms with E-state index >= 15 is 0 Å². The monoisotopic (exact) mass is 335 g/mol. The maximum Gasteiger partial charge on any atom is 0.277 e. The van der Waals surface area contributed by atoms with Crippen molar-refractivity contribution in [2.45, 2.75) is 45.1 Å². The second kappa shape index (κ2) is 6.87. The lowest BCUT2D eigenvalue weighted by atomic mass is 10.1. The Labute approximate surface area is 149 Å². The molecule has 130 valence electrons. The van der Waals surface area contributed by atoms with Crippen LogP contribution in [0.1, 0.15) is 48.7 Å². The second-order valence-corrected chi connectivity index (χ2v) is 7.14. The quantitative estimate of drug-likeness (QED) is 0.830. The van der Waals surface area contributed by atoms with Crippen molar-refractivity contribution in [2.75, 3.05) is 22.9 Å². The molecule has 2 aliphatic heterocycles. The Hall–Kier alpha value is -2.36. The van der Waals surface area contributed by atoms with E-state index in [2.05, 4.69) is 17.9 Å². The second-order valence-electron chi connectivity index (χ2n) is 7.14. The van der Waals surface area contributed by atoms with Crippen LogP contribution in [0.4, 0.5) is 11.5 Å². The molecule has 0 saturated carbocycles. The van der Waals surface area contributed by atoms with Crippen molar-refractivity contribution in [3.8, 4) is 0 Å². The van der Waals surface area contributed by atoms with E-state index < -0.39 is 0 Å². The van der Waals surface area contributed by atoms with Crippen LogP contribution in [0.25, 0.3) is 0 Å². The van der Waals surface area contributed by atoms with Gasteiger partial charge in [0.2, 0.25) is 0 Å². The van der Waals surface area contributed by atoms with E-state index in [1.54, 1.807) is 0 Å². The van der Waals surface area contributed by atoms with E-state index in [9.17, 15) is 4.79 Å². The molecule has 0 spiro atoms. The van der Waals surface area contributed by atoms with Crippen molar-refractivity contribution in [1.82, 2.24) is 4.98 Å². The summed E-state index contributed by atoms with van der Waals surface area (Å²) in [5.74, 6) is 0.946. The minimum absolute atomic E-state index is 0.00845. The van der Waals surface area contributed by atoms with E-state index in [-0.39, 0.29) is 11.9 Å². The smallest absolute Gasteiger partial charge is 0.277 e. The zero-order valence-corrected chi connectivity index (χ0v) is 14.8. The number of nitrogens with zero attached hydrogens (tertiary/aromatic N) is 3. The van der Waals surface area contributed by atoms with Gasteiger partial charge in [-0.1, -0.05) is 37.1 Å². The zero-order chi connectivity index (χ0) is 17.2. The molecular formula is C21H25N3O. The fourth-order valence-electron chi connectivity index (χ4n) is 4.02. The molecule has 1 unspecified atom stereocenters. The van der Waals surface area contributed by atoms with Crippen molar-refractivity contribution in [3.63, 3.8) is 0 Å². The van der Waals surface area contributed by atoms with Crippen LogP contribution < -0.4 is 9.80 Å². The van der Waals surface area contributed by atoms with Gasteiger partial charge in [-0.25, -0.2) is 4.98 Å². The molecule has 1 aromatic heterocycles. The van der Waals surface area contributed by atoms with E-state index in [1.165, 1.54) is 31.2 Å². The molecule has 2 aromatic rings. The average molecular weight is 335 g/mol. The van der Waals surface area contributed by atoms with Gasteiger partial charge >= 0.3 is 0 Å². The van der Waals surface area contributed by atoms with Crippen molar-refractivity contribution in [2.24, 2.45) is 0 Å². The summed E-state index contributed by atoms with van der Waals surface area (Å²) in [5.41, 5.74) is 2.82. The Bertz CT molecular complexity index is 765. The molecule has 1 aromatic carbocycles. The van der Waals surface area contributed by atoms with E-state index in [0.29, 0.717) is 5.69 Å². The van der Waals surface area contributed by atoms with Crippen molar-refractivity contribution in [3.05, 3.63) is 53.7 Å². The first-order chi connectivity index (χ1) is 12.2. The summed E-state index contributed by atoms with van der Waals surface area (Å²) >= 11 is 0. The first-order valence-electron chi connectivity index (χ1n) is 9.37. The number of benzene rings is 1. The first kappa shape index (κ1) is 16.1. The molecule has 1 fully saturated rings. The zero-order valence-electron chi connectivity index (χ0n) is 14.8. The van der Waals surface area contributed by atoms with Crippen LogP contribution in [0, 0.1) is 0 Å². The van der Waals surface area contributed by atoms with Gasteiger partial charge in [0.15, 0.2) is 0 Å². The third-order valence-corrected chi connectivity index (χ3v) is 5.31. The van der Waals surface area contributed by atoms with E-state index in [0.717, 1.165) is 31.0 Å². The van der Waals surface area contributed by atoms with Crippen molar-refractivity contribution < 1.29 is 4.79 Å². The highest BCUT2D eigenvalue weighted by molar-refractivity contribution is 6.06. The number of rotatable bonds is 2. The molecule has 4 heteroatoms. The Morgan fingerprint density at radius 2 is 1.76 bits per heavy atom. The summed E-state index contributed by atoms with van der Waals surface area (Å²) in [6.07, 6.45) is 5.90. The minimum Gasteiger partial charge on any atom is -0.357 e. The van der Waals surface area contributed by atoms with Gasteiger partial charge in [0.05, 0.1) is 0 Å². The number of pyridine rings is 1. The summed E-state index contributed by atoms with van der Waals surface area (Å²) in [6.45, 7) is 4.18. The number of hydrogen-bond acceptors (Lipinski definition) is 3. The molecule has 0 N–H and O–H groups in total. The summed E-state index contributed by atoms with van der Waals surface area (Å²) in [4.78, 5) is 22.1. The third-order valence-electron chi connectivity index (χ3n) is 5.31. The molecule has 2 aliphatic rings. The van der Waals surface area contributed by atoms with Gasteiger partial charge < -0.3 is 9.80 Å². The molecule has 1 amide bonds. The number of aromatic nitrogens is 1. The maximum atomic E-state index is 13.2. The standard InChI is InChI=1S/C21H25N3O/c1-16-15-17-9-4-5-11-19(17)24(16)21(25)18-10-8-12-20(22-18)23-13-6-2-3-7-14-23/h4-5,8-12,16H,2-3,6-7,13-15H2,1H3. The van der Waals surface area contributed by atoms with E-state index in [1.807, 2.05) is 41.3 Å². The fourth-order valence-corrected chi connectivity index (χ4v) is 4.02. The van der Waals surface area contributed by atoms with E-state index in [4.69, 9.17) is 4.98 Å².